The first-order valence-corrected chi connectivity index (χ1v) is 7.37. The molecule has 1 unspecified atom stereocenters. The molecule has 1 N–H and O–H groups in total. The lowest BCUT2D eigenvalue weighted by atomic mass is 9.94. The highest BCUT2D eigenvalue weighted by Gasteiger charge is 2.38. The summed E-state index contributed by atoms with van der Waals surface area (Å²) in [5.41, 5.74) is -0.504. The Balaban J connectivity index is 2.94. The lowest BCUT2D eigenvalue weighted by Gasteiger charge is -2.25. The minimum atomic E-state index is -4.77. The van der Waals surface area contributed by atoms with Crippen molar-refractivity contribution in [3.8, 4) is 5.75 Å². The van der Waals surface area contributed by atoms with Crippen LogP contribution in [-0.2, 0) is 11.0 Å². The van der Waals surface area contributed by atoms with Gasteiger partial charge >= 0.3 is 12.1 Å². The Labute approximate surface area is 145 Å². The van der Waals surface area contributed by atoms with Gasteiger partial charge in [0.2, 0.25) is 0 Å². The quantitative estimate of drug-likeness (QED) is 0.632. The van der Waals surface area contributed by atoms with E-state index < -0.39 is 40.9 Å². The van der Waals surface area contributed by atoms with Crippen LogP contribution in [0.3, 0.4) is 0 Å². The number of fused-ring (bicyclic) bond motifs is 1. The molecule has 0 heterocycles. The molecule has 2 aromatic rings. The van der Waals surface area contributed by atoms with Crippen LogP contribution in [0.5, 0.6) is 5.75 Å². The van der Waals surface area contributed by atoms with Crippen molar-refractivity contribution in [2.24, 2.45) is 0 Å². The maximum Gasteiger partial charge on any atom is 0.420 e. The predicted molar refractivity (Wildman–Crippen MR) is 87.3 cm³/mol. The molecule has 134 valence electrons. The summed E-state index contributed by atoms with van der Waals surface area (Å²) < 4.78 is 59.5. The number of aliphatic carboxylic acids is 1. The van der Waals surface area contributed by atoms with Crippen molar-refractivity contribution in [3.05, 3.63) is 41.2 Å². The molecule has 0 amide bonds. The first kappa shape index (κ1) is 18.9. The van der Waals surface area contributed by atoms with Gasteiger partial charge in [0.15, 0.2) is 6.04 Å². The van der Waals surface area contributed by atoms with Gasteiger partial charge in [-0.15, -0.1) is 0 Å². The maximum atomic E-state index is 14.4. The molecule has 4 nitrogen and oxygen atoms in total. The lowest BCUT2D eigenvalue weighted by Crippen LogP contribution is -2.30. The van der Waals surface area contributed by atoms with Crippen molar-refractivity contribution >= 4 is 34.5 Å². The van der Waals surface area contributed by atoms with E-state index in [0.29, 0.717) is 0 Å². The van der Waals surface area contributed by atoms with Gasteiger partial charge in [0.05, 0.1) is 12.6 Å². The number of hydrogen-bond donors (Lipinski definition) is 1. The zero-order valence-electron chi connectivity index (χ0n) is 13.1. The summed E-state index contributed by atoms with van der Waals surface area (Å²) in [5, 5.41) is 8.89. The molecule has 2 rings (SSSR count). The summed E-state index contributed by atoms with van der Waals surface area (Å²) in [4.78, 5) is 12.6. The Bertz CT molecular complexity index is 838. The Morgan fingerprint density at radius 1 is 1.28 bits per heavy atom. The standard InChI is InChI=1S/C16H13F4NO3S/c1-21(7-25)14(15(22)23)12-8-4-6-11(24-2)13(16(18,19)20)9(8)3-5-10(12)17/h3-7,14H,1-2H3,(H,22,23). The van der Waals surface area contributed by atoms with Gasteiger partial charge in [-0.25, -0.2) is 9.18 Å². The summed E-state index contributed by atoms with van der Waals surface area (Å²) in [6, 6.07) is 2.42. The fourth-order valence-electron chi connectivity index (χ4n) is 2.69. The lowest BCUT2D eigenvalue weighted by molar-refractivity contribution is -0.141. The van der Waals surface area contributed by atoms with Crippen LogP contribution >= 0.6 is 12.2 Å². The third-order valence-electron chi connectivity index (χ3n) is 3.74. The highest BCUT2D eigenvalue weighted by molar-refractivity contribution is 7.78. The first-order chi connectivity index (χ1) is 11.6. The second-order valence-corrected chi connectivity index (χ2v) is 5.42. The Morgan fingerprint density at radius 3 is 2.36 bits per heavy atom. The number of carboxylic acids is 1. The van der Waals surface area contributed by atoms with Gasteiger partial charge in [0.1, 0.15) is 17.1 Å². The van der Waals surface area contributed by atoms with Gasteiger partial charge in [-0.3, -0.25) is 0 Å². The van der Waals surface area contributed by atoms with Gasteiger partial charge in [-0.1, -0.05) is 24.4 Å². The van der Waals surface area contributed by atoms with Gasteiger partial charge < -0.3 is 14.7 Å². The number of halogens is 4. The maximum absolute atomic E-state index is 14.4. The van der Waals surface area contributed by atoms with Crippen LogP contribution in [0.1, 0.15) is 17.2 Å². The molecule has 0 saturated carbocycles. The number of thiocarbonyl (C=S) groups is 1. The molecule has 0 fully saturated rings. The zero-order valence-corrected chi connectivity index (χ0v) is 13.9. The molecule has 0 radical (unpaired) electrons. The summed E-state index contributed by atoms with van der Waals surface area (Å²) in [6.45, 7) is 0. The summed E-state index contributed by atoms with van der Waals surface area (Å²) in [6.07, 6.45) is -4.77. The number of carbonyl (C=O) groups is 1. The van der Waals surface area contributed by atoms with E-state index in [4.69, 9.17) is 4.74 Å². The Morgan fingerprint density at radius 2 is 1.88 bits per heavy atom. The summed E-state index contributed by atoms with van der Waals surface area (Å²) in [7, 11) is 2.39. The van der Waals surface area contributed by atoms with Crippen molar-refractivity contribution in [1.29, 1.82) is 0 Å². The molecule has 0 aromatic heterocycles. The molecule has 9 heteroatoms. The average Bonchev–Trinajstić information content (AvgIpc) is 2.54. The third kappa shape index (κ3) is 3.37. The van der Waals surface area contributed by atoms with E-state index in [0.717, 1.165) is 35.7 Å². The van der Waals surface area contributed by atoms with E-state index in [1.165, 1.54) is 13.1 Å². The molecule has 0 aliphatic carbocycles. The highest BCUT2D eigenvalue weighted by atomic mass is 32.1. The van der Waals surface area contributed by atoms with Gasteiger partial charge in [-0.2, -0.15) is 13.2 Å². The van der Waals surface area contributed by atoms with Crippen molar-refractivity contribution in [3.63, 3.8) is 0 Å². The number of carboxylic acid groups (broad SMARTS) is 1. The van der Waals surface area contributed by atoms with E-state index in [1.54, 1.807) is 0 Å². The van der Waals surface area contributed by atoms with Crippen LogP contribution in [0.4, 0.5) is 17.6 Å². The van der Waals surface area contributed by atoms with Crippen LogP contribution in [0.2, 0.25) is 0 Å². The van der Waals surface area contributed by atoms with Gasteiger partial charge in [0.25, 0.3) is 0 Å². The number of hydrogen-bond acceptors (Lipinski definition) is 3. The van der Waals surface area contributed by atoms with E-state index in [2.05, 4.69) is 12.2 Å². The van der Waals surface area contributed by atoms with E-state index in [1.807, 2.05) is 0 Å². The zero-order chi connectivity index (χ0) is 18.9. The summed E-state index contributed by atoms with van der Waals surface area (Å²) in [5.74, 6) is -2.83. The molecule has 25 heavy (non-hydrogen) atoms. The van der Waals surface area contributed by atoms with E-state index >= 15 is 0 Å². The molecular weight excluding hydrogens is 362 g/mol. The van der Waals surface area contributed by atoms with Crippen molar-refractivity contribution in [1.82, 2.24) is 4.90 Å². The van der Waals surface area contributed by atoms with E-state index in [9.17, 15) is 27.5 Å². The monoisotopic (exact) mass is 375 g/mol. The molecule has 0 aliphatic rings. The van der Waals surface area contributed by atoms with Crippen LogP contribution in [0.25, 0.3) is 10.8 Å². The largest absolute Gasteiger partial charge is 0.496 e. The predicted octanol–water partition coefficient (Wildman–Crippen LogP) is 4.02. The minimum Gasteiger partial charge on any atom is -0.496 e. The average molecular weight is 375 g/mol. The van der Waals surface area contributed by atoms with Gasteiger partial charge in [0, 0.05) is 12.6 Å². The van der Waals surface area contributed by atoms with Crippen molar-refractivity contribution in [2.75, 3.05) is 14.2 Å². The summed E-state index contributed by atoms with van der Waals surface area (Å²) >= 11 is 4.68. The second-order valence-electron chi connectivity index (χ2n) is 5.21. The third-order valence-corrected chi connectivity index (χ3v) is 4.07. The van der Waals surface area contributed by atoms with Crippen molar-refractivity contribution < 1.29 is 32.2 Å². The molecular formula is C16H13F4NO3S. The van der Waals surface area contributed by atoms with Crippen LogP contribution < -0.4 is 4.74 Å². The fourth-order valence-corrected chi connectivity index (χ4v) is 2.81. The normalized spacial score (nSPS) is 12.7. The SMILES string of the molecule is COc1ccc2c(C(C(=O)O)N(C)C=S)c(F)ccc2c1C(F)(F)F. The molecule has 0 saturated heterocycles. The smallest absolute Gasteiger partial charge is 0.420 e. The number of rotatable bonds is 5. The number of nitrogens with zero attached hydrogens (tertiary/aromatic N) is 1. The van der Waals surface area contributed by atoms with E-state index in [-0.39, 0.29) is 10.8 Å². The number of benzene rings is 2. The van der Waals surface area contributed by atoms with Crippen LogP contribution in [-0.4, -0.2) is 35.6 Å². The van der Waals surface area contributed by atoms with Crippen LogP contribution in [0, 0.1) is 5.82 Å². The Kier molecular flexibility index (Phi) is 5.17. The number of methoxy groups -OCH3 is 1. The molecule has 0 bridgehead atoms. The number of ether oxygens (including phenoxy) is 1. The number of likely N-dealkylation sites (N-methyl/N-ethyl adjacent to an activating group) is 1. The molecule has 0 spiro atoms. The number of alkyl halides is 3. The van der Waals surface area contributed by atoms with Crippen LogP contribution in [0.15, 0.2) is 24.3 Å². The van der Waals surface area contributed by atoms with Gasteiger partial charge in [-0.05, 0) is 22.9 Å². The van der Waals surface area contributed by atoms with Crippen molar-refractivity contribution in [2.45, 2.75) is 12.2 Å². The minimum absolute atomic E-state index is 0.177. The highest BCUT2D eigenvalue weighted by Crippen LogP contribution is 2.43. The molecule has 2 aromatic carbocycles. The Hall–Kier alpha value is -2.42. The first-order valence-electron chi connectivity index (χ1n) is 6.89. The topological polar surface area (TPSA) is 49.8 Å². The second kappa shape index (κ2) is 6.83. The fraction of sp³-hybridized carbons (Fsp3) is 0.250. The molecule has 0 aliphatic heterocycles. The molecule has 1 atom stereocenters.